The van der Waals surface area contributed by atoms with Crippen molar-refractivity contribution in [3.05, 3.63) is 53.9 Å². The van der Waals surface area contributed by atoms with Gasteiger partial charge in [-0.05, 0) is 43.2 Å². The molecule has 0 fully saturated rings. The van der Waals surface area contributed by atoms with Gasteiger partial charge in [-0.1, -0.05) is 18.1 Å². The number of hydrogen-bond acceptors (Lipinski definition) is 2. The van der Waals surface area contributed by atoms with Crippen molar-refractivity contribution in [1.82, 2.24) is 14.8 Å². The van der Waals surface area contributed by atoms with Gasteiger partial charge in [0.2, 0.25) is 0 Å². The Morgan fingerprint density at radius 1 is 1.30 bits per heavy atom. The van der Waals surface area contributed by atoms with E-state index >= 15 is 0 Å². The standard InChI is InChI=1S/C21H28N4O.HI/c1-5-16-26-20-11-9-18(10-12-20)13-14-23-21(22-6-2)25(4)17-19-8-7-15-24(19)3;/h1,7-12,15H,6,13-14,16-17H2,2-4H3,(H,22,23);1H. The smallest absolute Gasteiger partial charge is 0.194 e. The maximum atomic E-state index is 5.39. The third-order valence-corrected chi connectivity index (χ3v) is 4.05. The van der Waals surface area contributed by atoms with Gasteiger partial charge in [-0.2, -0.15) is 0 Å². The van der Waals surface area contributed by atoms with E-state index in [0.29, 0.717) is 6.61 Å². The third kappa shape index (κ3) is 7.55. The molecule has 27 heavy (non-hydrogen) atoms. The number of aliphatic imine (C=N–C) groups is 1. The lowest BCUT2D eigenvalue weighted by Gasteiger charge is -2.22. The van der Waals surface area contributed by atoms with Crippen LogP contribution in [0.4, 0.5) is 0 Å². The Bertz CT molecular complexity index is 746. The first-order valence-electron chi connectivity index (χ1n) is 8.89. The summed E-state index contributed by atoms with van der Waals surface area (Å²) in [5, 5.41) is 3.36. The number of aromatic nitrogens is 1. The van der Waals surface area contributed by atoms with Crippen molar-refractivity contribution in [2.75, 3.05) is 26.7 Å². The molecule has 0 radical (unpaired) electrons. The van der Waals surface area contributed by atoms with Gasteiger partial charge < -0.3 is 19.5 Å². The van der Waals surface area contributed by atoms with Crippen molar-refractivity contribution >= 4 is 29.9 Å². The molecule has 1 aromatic carbocycles. The Hall–Kier alpha value is -2.14. The van der Waals surface area contributed by atoms with Gasteiger partial charge in [0.05, 0.1) is 6.54 Å². The van der Waals surface area contributed by atoms with Crippen LogP contribution >= 0.6 is 24.0 Å². The van der Waals surface area contributed by atoms with Crippen molar-refractivity contribution in [3.63, 3.8) is 0 Å². The van der Waals surface area contributed by atoms with Gasteiger partial charge in [0.25, 0.3) is 0 Å². The van der Waals surface area contributed by atoms with Gasteiger partial charge in [0.1, 0.15) is 12.4 Å². The molecule has 0 saturated carbocycles. The minimum atomic E-state index is 0. The molecule has 0 amide bonds. The van der Waals surface area contributed by atoms with Crippen LogP contribution in [0.25, 0.3) is 0 Å². The summed E-state index contributed by atoms with van der Waals surface area (Å²) in [5.41, 5.74) is 2.48. The summed E-state index contributed by atoms with van der Waals surface area (Å²) in [6.07, 6.45) is 8.14. The fourth-order valence-electron chi connectivity index (χ4n) is 2.62. The molecule has 0 saturated heterocycles. The van der Waals surface area contributed by atoms with Crippen LogP contribution in [0.3, 0.4) is 0 Å². The van der Waals surface area contributed by atoms with Crippen molar-refractivity contribution < 1.29 is 4.74 Å². The monoisotopic (exact) mass is 480 g/mol. The highest BCUT2D eigenvalue weighted by Gasteiger charge is 2.08. The van der Waals surface area contributed by atoms with Crippen molar-refractivity contribution in [3.8, 4) is 18.1 Å². The molecule has 0 atom stereocenters. The second-order valence-corrected chi connectivity index (χ2v) is 6.09. The number of hydrogen-bond donors (Lipinski definition) is 1. The molecule has 5 nitrogen and oxygen atoms in total. The summed E-state index contributed by atoms with van der Waals surface area (Å²) in [5.74, 6) is 4.18. The molecule has 0 aliphatic heterocycles. The molecule has 0 bridgehead atoms. The number of terminal acetylenes is 1. The molecule has 1 aromatic heterocycles. The Labute approximate surface area is 179 Å². The summed E-state index contributed by atoms with van der Waals surface area (Å²) < 4.78 is 7.52. The lowest BCUT2D eigenvalue weighted by atomic mass is 10.1. The molecule has 1 heterocycles. The Morgan fingerprint density at radius 2 is 2.04 bits per heavy atom. The number of benzene rings is 1. The van der Waals surface area contributed by atoms with Gasteiger partial charge >= 0.3 is 0 Å². The number of halogens is 1. The van der Waals surface area contributed by atoms with E-state index in [1.807, 2.05) is 12.1 Å². The first kappa shape index (κ1) is 22.9. The number of guanidine groups is 1. The molecule has 2 rings (SSSR count). The Balaban J connectivity index is 0.00000364. The summed E-state index contributed by atoms with van der Waals surface area (Å²) >= 11 is 0. The minimum Gasteiger partial charge on any atom is -0.481 e. The van der Waals surface area contributed by atoms with E-state index in [9.17, 15) is 0 Å². The van der Waals surface area contributed by atoms with Crippen LogP contribution < -0.4 is 10.1 Å². The van der Waals surface area contributed by atoms with E-state index < -0.39 is 0 Å². The molecule has 2 aromatic rings. The molecular formula is C21H29IN4O. The molecule has 0 aliphatic carbocycles. The van der Waals surface area contributed by atoms with Crippen molar-refractivity contribution in [2.24, 2.45) is 12.0 Å². The normalized spacial score (nSPS) is 10.7. The first-order chi connectivity index (χ1) is 12.6. The molecule has 1 N–H and O–H groups in total. The topological polar surface area (TPSA) is 41.8 Å². The molecule has 0 aliphatic rings. The van der Waals surface area contributed by atoms with Crippen LogP contribution in [-0.2, 0) is 20.0 Å². The summed E-state index contributed by atoms with van der Waals surface area (Å²) in [7, 11) is 4.12. The SMILES string of the molecule is C#CCOc1ccc(CCN=C(NCC)N(C)Cc2cccn2C)cc1.I. The average molecular weight is 480 g/mol. The van der Waals surface area contributed by atoms with E-state index in [2.05, 4.69) is 72.2 Å². The number of nitrogens with one attached hydrogen (secondary N) is 1. The quantitative estimate of drug-likeness (QED) is 0.273. The lowest BCUT2D eigenvalue weighted by molar-refractivity contribution is 0.370. The lowest BCUT2D eigenvalue weighted by Crippen LogP contribution is -2.39. The third-order valence-electron chi connectivity index (χ3n) is 4.05. The van der Waals surface area contributed by atoms with Gasteiger partial charge in [-0.3, -0.25) is 4.99 Å². The van der Waals surface area contributed by atoms with E-state index in [-0.39, 0.29) is 24.0 Å². The molecule has 146 valence electrons. The fourth-order valence-corrected chi connectivity index (χ4v) is 2.62. The van der Waals surface area contributed by atoms with Crippen LogP contribution in [0, 0.1) is 12.3 Å². The van der Waals surface area contributed by atoms with E-state index in [0.717, 1.165) is 37.8 Å². The minimum absolute atomic E-state index is 0. The van der Waals surface area contributed by atoms with Crippen molar-refractivity contribution in [2.45, 2.75) is 19.9 Å². The van der Waals surface area contributed by atoms with Crippen LogP contribution in [0.1, 0.15) is 18.2 Å². The first-order valence-corrected chi connectivity index (χ1v) is 8.89. The number of aryl methyl sites for hydroxylation is 1. The maximum Gasteiger partial charge on any atom is 0.194 e. The van der Waals surface area contributed by atoms with Crippen LogP contribution in [0.15, 0.2) is 47.6 Å². The zero-order valence-electron chi connectivity index (χ0n) is 16.3. The Kier molecular flexibility index (Phi) is 10.4. The highest BCUT2D eigenvalue weighted by Crippen LogP contribution is 2.12. The molecule has 0 unspecified atom stereocenters. The predicted octanol–water partition coefficient (Wildman–Crippen LogP) is 3.30. The molecule has 0 spiro atoms. The zero-order chi connectivity index (χ0) is 18.8. The van der Waals surface area contributed by atoms with Gasteiger partial charge in [-0.25, -0.2) is 0 Å². The summed E-state index contributed by atoms with van der Waals surface area (Å²) in [4.78, 5) is 6.90. The largest absolute Gasteiger partial charge is 0.481 e. The zero-order valence-corrected chi connectivity index (χ0v) is 18.6. The number of rotatable bonds is 8. The highest BCUT2D eigenvalue weighted by atomic mass is 127. The van der Waals surface area contributed by atoms with E-state index in [4.69, 9.17) is 16.2 Å². The van der Waals surface area contributed by atoms with Crippen LogP contribution in [-0.4, -0.2) is 42.2 Å². The second-order valence-electron chi connectivity index (χ2n) is 6.09. The van der Waals surface area contributed by atoms with Gasteiger partial charge in [-0.15, -0.1) is 30.4 Å². The van der Waals surface area contributed by atoms with Gasteiger partial charge in [0, 0.05) is 39.1 Å². The average Bonchev–Trinajstić information content (AvgIpc) is 3.05. The summed E-state index contributed by atoms with van der Waals surface area (Å²) in [6.45, 7) is 4.77. The molecular weight excluding hydrogens is 451 g/mol. The fraction of sp³-hybridized carbons (Fsp3) is 0.381. The van der Waals surface area contributed by atoms with Crippen molar-refractivity contribution in [1.29, 1.82) is 0 Å². The maximum absolute atomic E-state index is 5.39. The highest BCUT2D eigenvalue weighted by molar-refractivity contribution is 14.0. The number of nitrogens with zero attached hydrogens (tertiary/aromatic N) is 3. The number of ether oxygens (including phenoxy) is 1. The van der Waals surface area contributed by atoms with E-state index in [1.54, 1.807) is 0 Å². The second kappa shape index (κ2) is 12.3. The van der Waals surface area contributed by atoms with Crippen LogP contribution in [0.5, 0.6) is 5.75 Å². The molecule has 6 heteroatoms. The van der Waals surface area contributed by atoms with E-state index in [1.165, 1.54) is 11.3 Å². The Morgan fingerprint density at radius 3 is 2.63 bits per heavy atom. The van der Waals surface area contributed by atoms with Gasteiger partial charge in [0.15, 0.2) is 5.96 Å². The summed E-state index contributed by atoms with van der Waals surface area (Å²) in [6, 6.07) is 12.2. The van der Waals surface area contributed by atoms with Crippen LogP contribution in [0.2, 0.25) is 0 Å². The predicted molar refractivity (Wildman–Crippen MR) is 123 cm³/mol.